The molecule has 30 heavy (non-hydrogen) atoms. The smallest absolute Gasteiger partial charge is 0.236 e. The molecule has 0 radical (unpaired) electrons. The predicted octanol–water partition coefficient (Wildman–Crippen LogP) is 0.815. The maximum Gasteiger partial charge on any atom is 0.236 e. The largest absolute Gasteiger partial charge is 0.386 e. The molecule has 0 bridgehead atoms. The van der Waals surface area contributed by atoms with E-state index in [-0.39, 0.29) is 12.5 Å². The van der Waals surface area contributed by atoms with Gasteiger partial charge in [0.2, 0.25) is 5.91 Å². The highest BCUT2D eigenvalue weighted by Gasteiger charge is 2.24. The SMILES string of the molecule is CCNC(=NCC(O)c1ccc(Cl)cc1)N1CCN(CC(=O)N2CCOCC2)CC1. The summed E-state index contributed by atoms with van der Waals surface area (Å²) in [4.78, 5) is 23.4. The third kappa shape index (κ3) is 6.57. The monoisotopic (exact) mass is 437 g/mol. The van der Waals surface area contributed by atoms with Crippen LogP contribution in [0.2, 0.25) is 5.02 Å². The summed E-state index contributed by atoms with van der Waals surface area (Å²) < 4.78 is 5.32. The average Bonchev–Trinajstić information content (AvgIpc) is 2.78. The van der Waals surface area contributed by atoms with Crippen molar-refractivity contribution in [2.45, 2.75) is 13.0 Å². The summed E-state index contributed by atoms with van der Waals surface area (Å²) in [5, 5.41) is 14.4. The second-order valence-electron chi connectivity index (χ2n) is 7.52. The van der Waals surface area contributed by atoms with Crippen molar-refractivity contribution in [2.24, 2.45) is 4.99 Å². The number of aliphatic imine (C=N–C) groups is 1. The van der Waals surface area contributed by atoms with Crippen molar-refractivity contribution >= 4 is 23.5 Å². The predicted molar refractivity (Wildman–Crippen MR) is 118 cm³/mol. The third-order valence-electron chi connectivity index (χ3n) is 5.40. The molecule has 1 amide bonds. The maximum atomic E-state index is 12.5. The van der Waals surface area contributed by atoms with Crippen molar-refractivity contribution in [2.75, 3.05) is 72.1 Å². The number of carbonyl (C=O) groups is 1. The van der Waals surface area contributed by atoms with Crippen LogP contribution in [0.25, 0.3) is 0 Å². The molecule has 2 aliphatic heterocycles. The van der Waals surface area contributed by atoms with E-state index in [0.717, 1.165) is 44.2 Å². The molecule has 1 unspecified atom stereocenters. The van der Waals surface area contributed by atoms with Crippen LogP contribution in [0.15, 0.2) is 29.3 Å². The van der Waals surface area contributed by atoms with Gasteiger partial charge in [-0.2, -0.15) is 0 Å². The number of halogens is 1. The molecule has 166 valence electrons. The number of aliphatic hydroxyl groups excluding tert-OH is 1. The topological polar surface area (TPSA) is 80.6 Å². The summed E-state index contributed by atoms with van der Waals surface area (Å²) in [6.07, 6.45) is -0.677. The molecule has 2 aliphatic rings. The maximum absolute atomic E-state index is 12.5. The number of nitrogens with one attached hydrogen (secondary N) is 1. The van der Waals surface area contributed by atoms with Crippen LogP contribution in [0.1, 0.15) is 18.6 Å². The molecule has 2 heterocycles. The Morgan fingerprint density at radius 3 is 2.43 bits per heavy atom. The van der Waals surface area contributed by atoms with Crippen LogP contribution in [-0.2, 0) is 9.53 Å². The van der Waals surface area contributed by atoms with E-state index in [9.17, 15) is 9.90 Å². The molecule has 2 N–H and O–H groups in total. The zero-order valence-electron chi connectivity index (χ0n) is 17.6. The Hall–Kier alpha value is -1.87. The number of hydrogen-bond donors (Lipinski definition) is 2. The highest BCUT2D eigenvalue weighted by Crippen LogP contribution is 2.17. The van der Waals surface area contributed by atoms with Gasteiger partial charge in [-0.15, -0.1) is 0 Å². The first-order valence-electron chi connectivity index (χ1n) is 10.6. The number of benzene rings is 1. The number of aliphatic hydroxyl groups is 1. The van der Waals surface area contributed by atoms with Crippen molar-refractivity contribution in [3.8, 4) is 0 Å². The van der Waals surface area contributed by atoms with Crippen molar-refractivity contribution in [3.63, 3.8) is 0 Å². The fourth-order valence-electron chi connectivity index (χ4n) is 3.61. The molecule has 3 rings (SSSR count). The van der Waals surface area contributed by atoms with Crippen molar-refractivity contribution in [1.82, 2.24) is 20.0 Å². The Morgan fingerprint density at radius 1 is 1.13 bits per heavy atom. The quantitative estimate of drug-likeness (QED) is 0.506. The molecule has 9 heteroatoms. The Kier molecular flexibility index (Phi) is 8.74. The highest BCUT2D eigenvalue weighted by atomic mass is 35.5. The number of piperazine rings is 1. The molecule has 1 aromatic rings. The van der Waals surface area contributed by atoms with E-state index < -0.39 is 6.10 Å². The molecule has 0 aromatic heterocycles. The minimum atomic E-state index is -0.677. The van der Waals surface area contributed by atoms with Gasteiger partial charge in [0.15, 0.2) is 5.96 Å². The van der Waals surface area contributed by atoms with Gasteiger partial charge in [-0.25, -0.2) is 0 Å². The van der Waals surface area contributed by atoms with Crippen molar-refractivity contribution in [1.29, 1.82) is 0 Å². The molecular formula is C21H32ClN5O3. The van der Waals surface area contributed by atoms with Gasteiger partial charge in [-0.05, 0) is 24.6 Å². The molecule has 2 saturated heterocycles. The van der Waals surface area contributed by atoms with E-state index in [2.05, 4.69) is 20.1 Å². The molecule has 0 aliphatic carbocycles. The lowest BCUT2D eigenvalue weighted by Gasteiger charge is -2.37. The van der Waals surface area contributed by atoms with Crippen LogP contribution in [-0.4, -0.2) is 104 Å². The zero-order valence-corrected chi connectivity index (χ0v) is 18.4. The Morgan fingerprint density at radius 2 is 1.80 bits per heavy atom. The second-order valence-corrected chi connectivity index (χ2v) is 7.95. The highest BCUT2D eigenvalue weighted by molar-refractivity contribution is 6.30. The summed E-state index contributed by atoms with van der Waals surface area (Å²) in [5.41, 5.74) is 0.797. The summed E-state index contributed by atoms with van der Waals surface area (Å²) in [6.45, 7) is 9.34. The van der Waals surface area contributed by atoms with Gasteiger partial charge in [-0.3, -0.25) is 14.7 Å². The van der Waals surface area contributed by atoms with Crippen molar-refractivity contribution < 1.29 is 14.6 Å². The number of hydrogen-bond acceptors (Lipinski definition) is 5. The molecular weight excluding hydrogens is 406 g/mol. The van der Waals surface area contributed by atoms with Gasteiger partial charge >= 0.3 is 0 Å². The number of morpholine rings is 1. The van der Waals surface area contributed by atoms with Crippen LogP contribution < -0.4 is 5.32 Å². The van der Waals surface area contributed by atoms with Gasteiger partial charge in [0, 0.05) is 50.8 Å². The third-order valence-corrected chi connectivity index (χ3v) is 5.65. The van der Waals surface area contributed by atoms with E-state index in [1.807, 2.05) is 24.0 Å². The van der Waals surface area contributed by atoms with Crippen LogP contribution in [0.5, 0.6) is 0 Å². The first-order chi connectivity index (χ1) is 14.6. The van der Waals surface area contributed by atoms with Crippen LogP contribution >= 0.6 is 11.6 Å². The minimum Gasteiger partial charge on any atom is -0.386 e. The Bertz CT molecular complexity index is 701. The number of nitrogens with zero attached hydrogens (tertiary/aromatic N) is 4. The minimum absolute atomic E-state index is 0.179. The van der Waals surface area contributed by atoms with E-state index in [0.29, 0.717) is 37.9 Å². The number of rotatable bonds is 6. The fourth-order valence-corrected chi connectivity index (χ4v) is 3.74. The van der Waals surface area contributed by atoms with Gasteiger partial charge in [0.05, 0.1) is 32.4 Å². The van der Waals surface area contributed by atoms with Crippen LogP contribution in [0, 0.1) is 0 Å². The lowest BCUT2D eigenvalue weighted by molar-refractivity contribution is -0.136. The first-order valence-corrected chi connectivity index (χ1v) is 11.0. The summed E-state index contributed by atoms with van der Waals surface area (Å²) in [5.74, 6) is 0.975. The standard InChI is InChI=1S/C21H32ClN5O3/c1-2-23-21(24-15-19(28)17-3-5-18(22)6-4-17)27-9-7-25(8-10-27)16-20(29)26-11-13-30-14-12-26/h3-6,19,28H,2,7-16H2,1H3,(H,23,24). The summed E-state index contributed by atoms with van der Waals surface area (Å²) in [6, 6.07) is 7.18. The van der Waals surface area contributed by atoms with Gasteiger partial charge in [0.1, 0.15) is 0 Å². The molecule has 8 nitrogen and oxygen atoms in total. The fraction of sp³-hybridized carbons (Fsp3) is 0.619. The first kappa shape index (κ1) is 22.8. The molecule has 1 atom stereocenters. The van der Waals surface area contributed by atoms with Crippen LogP contribution in [0.3, 0.4) is 0 Å². The molecule has 1 aromatic carbocycles. The van der Waals surface area contributed by atoms with E-state index in [1.165, 1.54) is 0 Å². The van der Waals surface area contributed by atoms with E-state index in [1.54, 1.807) is 12.1 Å². The Balaban J connectivity index is 1.50. The number of ether oxygens (including phenoxy) is 1. The normalized spacial score (nSPS) is 19.6. The average molecular weight is 438 g/mol. The Labute approximate surface area is 183 Å². The summed E-state index contributed by atoms with van der Waals surface area (Å²) in [7, 11) is 0. The number of amides is 1. The van der Waals surface area contributed by atoms with Crippen molar-refractivity contribution in [3.05, 3.63) is 34.9 Å². The number of guanidine groups is 1. The van der Waals surface area contributed by atoms with Gasteiger partial charge in [0.25, 0.3) is 0 Å². The van der Waals surface area contributed by atoms with Crippen LogP contribution in [0.4, 0.5) is 0 Å². The van der Waals surface area contributed by atoms with Gasteiger partial charge < -0.3 is 25.0 Å². The van der Waals surface area contributed by atoms with E-state index >= 15 is 0 Å². The molecule has 2 fully saturated rings. The second kappa shape index (κ2) is 11.5. The molecule has 0 saturated carbocycles. The molecule has 0 spiro atoms. The van der Waals surface area contributed by atoms with Gasteiger partial charge in [-0.1, -0.05) is 23.7 Å². The number of carbonyl (C=O) groups excluding carboxylic acids is 1. The zero-order chi connectivity index (χ0) is 21.3. The lowest BCUT2D eigenvalue weighted by Crippen LogP contribution is -2.55. The summed E-state index contributed by atoms with van der Waals surface area (Å²) >= 11 is 5.91. The van der Waals surface area contributed by atoms with E-state index in [4.69, 9.17) is 16.3 Å². The lowest BCUT2D eigenvalue weighted by atomic mass is 10.1.